The third-order valence-corrected chi connectivity index (χ3v) is 5.01. The van der Waals surface area contributed by atoms with Gasteiger partial charge in [-0.05, 0) is 36.4 Å². The monoisotopic (exact) mass is 390 g/mol. The lowest BCUT2D eigenvalue weighted by molar-refractivity contribution is -0.137. The van der Waals surface area contributed by atoms with Gasteiger partial charge in [-0.3, -0.25) is 4.72 Å². The number of nitrogens with zero attached hydrogens (tertiary/aromatic N) is 1. The first kappa shape index (κ1) is 17.6. The SMILES string of the molecule is Cc1nc2cc(NS(=O)(=O)c3ccc(Cl)c(C(F)(F)F)c3)ccc2o1. The van der Waals surface area contributed by atoms with Crippen LogP contribution >= 0.6 is 11.6 Å². The van der Waals surface area contributed by atoms with Crippen LogP contribution in [0.5, 0.6) is 0 Å². The summed E-state index contributed by atoms with van der Waals surface area (Å²) in [5.74, 6) is 0.405. The van der Waals surface area contributed by atoms with E-state index < -0.39 is 31.7 Å². The van der Waals surface area contributed by atoms with Crippen molar-refractivity contribution in [1.82, 2.24) is 4.98 Å². The van der Waals surface area contributed by atoms with Gasteiger partial charge in [0.25, 0.3) is 10.0 Å². The van der Waals surface area contributed by atoms with Gasteiger partial charge in [0.2, 0.25) is 0 Å². The number of aromatic nitrogens is 1. The number of anilines is 1. The van der Waals surface area contributed by atoms with E-state index in [1.165, 1.54) is 18.2 Å². The molecule has 0 unspecified atom stereocenters. The molecular formula is C15H10ClF3N2O3S. The number of halogens is 4. The fourth-order valence-electron chi connectivity index (χ4n) is 2.21. The highest BCUT2D eigenvalue weighted by Crippen LogP contribution is 2.36. The van der Waals surface area contributed by atoms with Gasteiger partial charge in [0.05, 0.1) is 21.2 Å². The molecule has 0 aliphatic heterocycles. The average molecular weight is 391 g/mol. The molecule has 1 heterocycles. The standard InChI is InChI=1S/C15H10ClF3N2O3S/c1-8-20-13-6-9(2-5-14(13)24-8)21-25(22,23)10-3-4-12(16)11(7-10)15(17,18)19/h2-7,21H,1H3. The number of sulfonamides is 1. The van der Waals surface area contributed by atoms with E-state index in [2.05, 4.69) is 9.71 Å². The van der Waals surface area contributed by atoms with Gasteiger partial charge in [-0.25, -0.2) is 13.4 Å². The van der Waals surface area contributed by atoms with Crippen LogP contribution in [0, 0.1) is 6.92 Å². The van der Waals surface area contributed by atoms with Gasteiger partial charge in [-0.1, -0.05) is 11.6 Å². The fourth-order valence-corrected chi connectivity index (χ4v) is 3.51. The molecule has 0 bridgehead atoms. The van der Waals surface area contributed by atoms with Crippen molar-refractivity contribution in [1.29, 1.82) is 0 Å². The van der Waals surface area contributed by atoms with Crippen molar-refractivity contribution in [3.63, 3.8) is 0 Å². The second-order valence-corrected chi connectivity index (χ2v) is 7.25. The van der Waals surface area contributed by atoms with Crippen LogP contribution in [-0.4, -0.2) is 13.4 Å². The van der Waals surface area contributed by atoms with Crippen molar-refractivity contribution in [3.8, 4) is 0 Å². The normalized spacial score (nSPS) is 12.5. The third-order valence-electron chi connectivity index (χ3n) is 3.30. The number of aryl methyl sites for hydroxylation is 1. The molecule has 0 amide bonds. The lowest BCUT2D eigenvalue weighted by Crippen LogP contribution is -2.15. The van der Waals surface area contributed by atoms with Crippen LogP contribution < -0.4 is 4.72 Å². The molecule has 3 aromatic rings. The molecule has 132 valence electrons. The Morgan fingerprint density at radius 1 is 1.16 bits per heavy atom. The molecule has 1 aromatic heterocycles. The Hall–Kier alpha value is -2.26. The van der Waals surface area contributed by atoms with Crippen molar-refractivity contribution in [3.05, 3.63) is 52.9 Å². The van der Waals surface area contributed by atoms with E-state index >= 15 is 0 Å². The molecule has 0 aliphatic carbocycles. The molecule has 0 radical (unpaired) electrons. The molecule has 5 nitrogen and oxygen atoms in total. The first-order valence-corrected chi connectivity index (χ1v) is 8.69. The van der Waals surface area contributed by atoms with Gasteiger partial charge in [0.1, 0.15) is 5.52 Å². The van der Waals surface area contributed by atoms with Crippen LogP contribution in [0.15, 0.2) is 45.7 Å². The first-order chi connectivity index (χ1) is 11.6. The second-order valence-electron chi connectivity index (χ2n) is 5.16. The van der Waals surface area contributed by atoms with Crippen LogP contribution in [0.3, 0.4) is 0 Å². The minimum atomic E-state index is -4.76. The molecule has 10 heteroatoms. The van der Waals surface area contributed by atoms with E-state index in [1.54, 1.807) is 6.92 Å². The van der Waals surface area contributed by atoms with Crippen molar-refractivity contribution in [2.75, 3.05) is 4.72 Å². The molecule has 0 aliphatic rings. The molecule has 1 N–H and O–H groups in total. The summed E-state index contributed by atoms with van der Waals surface area (Å²) in [6, 6.07) is 6.73. The Labute approximate surface area is 145 Å². The van der Waals surface area contributed by atoms with Crippen LogP contribution in [-0.2, 0) is 16.2 Å². The Morgan fingerprint density at radius 3 is 2.56 bits per heavy atom. The maximum atomic E-state index is 12.9. The quantitative estimate of drug-likeness (QED) is 0.708. The van der Waals surface area contributed by atoms with Crippen LogP contribution in [0.2, 0.25) is 5.02 Å². The second kappa shape index (κ2) is 5.92. The average Bonchev–Trinajstić information content (AvgIpc) is 2.85. The molecular weight excluding hydrogens is 381 g/mol. The van der Waals surface area contributed by atoms with Crippen LogP contribution in [0.1, 0.15) is 11.5 Å². The first-order valence-electron chi connectivity index (χ1n) is 6.83. The summed E-state index contributed by atoms with van der Waals surface area (Å²) in [6.45, 7) is 1.64. The lowest BCUT2D eigenvalue weighted by Gasteiger charge is -2.12. The fraction of sp³-hybridized carbons (Fsp3) is 0.133. The summed E-state index contributed by atoms with van der Waals surface area (Å²) in [5.41, 5.74) is -0.194. The minimum absolute atomic E-state index is 0.143. The number of hydrogen-bond acceptors (Lipinski definition) is 4. The summed E-state index contributed by atoms with van der Waals surface area (Å²) >= 11 is 5.50. The molecule has 0 fully saturated rings. The summed E-state index contributed by atoms with van der Waals surface area (Å²) < 4.78 is 70.9. The van der Waals surface area contributed by atoms with E-state index in [9.17, 15) is 21.6 Å². The number of oxazole rings is 1. The number of rotatable bonds is 3. The Bertz CT molecular complexity index is 1060. The third kappa shape index (κ3) is 3.57. The van der Waals surface area contributed by atoms with Gasteiger partial charge in [0.15, 0.2) is 11.5 Å². The minimum Gasteiger partial charge on any atom is -0.441 e. The largest absolute Gasteiger partial charge is 0.441 e. The summed E-state index contributed by atoms with van der Waals surface area (Å²) in [4.78, 5) is 3.51. The summed E-state index contributed by atoms with van der Waals surface area (Å²) in [6.07, 6.45) is -4.76. The zero-order valence-electron chi connectivity index (χ0n) is 12.6. The van der Waals surface area contributed by atoms with Crippen molar-refractivity contribution in [2.24, 2.45) is 0 Å². The zero-order valence-corrected chi connectivity index (χ0v) is 14.1. The maximum absolute atomic E-state index is 12.9. The highest BCUT2D eigenvalue weighted by Gasteiger charge is 2.34. The number of benzene rings is 2. The van der Waals surface area contributed by atoms with Gasteiger partial charge in [-0.2, -0.15) is 13.2 Å². The van der Waals surface area contributed by atoms with Gasteiger partial charge >= 0.3 is 6.18 Å². The van der Waals surface area contributed by atoms with E-state index in [0.717, 1.165) is 12.1 Å². The number of alkyl halides is 3. The lowest BCUT2D eigenvalue weighted by atomic mass is 10.2. The maximum Gasteiger partial charge on any atom is 0.417 e. The van der Waals surface area contributed by atoms with Gasteiger partial charge in [0, 0.05) is 6.92 Å². The smallest absolute Gasteiger partial charge is 0.417 e. The zero-order chi connectivity index (χ0) is 18.4. The van der Waals surface area contributed by atoms with Crippen molar-refractivity contribution >= 4 is 38.4 Å². The Kier molecular flexibility index (Phi) is 4.16. The molecule has 3 rings (SSSR count). The number of hydrogen-bond donors (Lipinski definition) is 1. The molecule has 0 atom stereocenters. The van der Waals surface area contributed by atoms with E-state index in [-0.39, 0.29) is 5.69 Å². The van der Waals surface area contributed by atoms with Gasteiger partial charge < -0.3 is 4.42 Å². The number of nitrogens with one attached hydrogen (secondary N) is 1. The van der Waals surface area contributed by atoms with Crippen molar-refractivity contribution < 1.29 is 26.0 Å². The Balaban J connectivity index is 1.98. The molecule has 2 aromatic carbocycles. The van der Waals surface area contributed by atoms with E-state index in [0.29, 0.717) is 23.1 Å². The van der Waals surface area contributed by atoms with E-state index in [4.69, 9.17) is 16.0 Å². The number of fused-ring (bicyclic) bond motifs is 1. The van der Waals surface area contributed by atoms with Crippen LogP contribution in [0.4, 0.5) is 18.9 Å². The Morgan fingerprint density at radius 2 is 1.88 bits per heavy atom. The summed E-state index contributed by atoms with van der Waals surface area (Å²) in [5, 5.41) is -0.578. The molecule has 0 saturated heterocycles. The molecule has 0 spiro atoms. The highest BCUT2D eigenvalue weighted by molar-refractivity contribution is 7.92. The topological polar surface area (TPSA) is 72.2 Å². The predicted molar refractivity (Wildman–Crippen MR) is 86.0 cm³/mol. The molecule has 25 heavy (non-hydrogen) atoms. The van der Waals surface area contributed by atoms with Gasteiger partial charge in [-0.15, -0.1) is 0 Å². The predicted octanol–water partition coefficient (Wildman–Crippen LogP) is 4.61. The summed E-state index contributed by atoms with van der Waals surface area (Å²) in [7, 11) is -4.24. The van der Waals surface area contributed by atoms with E-state index in [1.807, 2.05) is 0 Å². The highest BCUT2D eigenvalue weighted by atomic mass is 35.5. The van der Waals surface area contributed by atoms with Crippen LogP contribution in [0.25, 0.3) is 11.1 Å². The van der Waals surface area contributed by atoms with Crippen molar-refractivity contribution in [2.45, 2.75) is 18.0 Å². The molecule has 0 saturated carbocycles.